The molecule has 2 rings (SSSR count). The van der Waals surface area contributed by atoms with Gasteiger partial charge in [0.05, 0.1) is 11.1 Å². The molecular formula is C13H15FN4O2. The van der Waals surface area contributed by atoms with Crippen molar-refractivity contribution in [3.05, 3.63) is 52.1 Å². The molecule has 2 aromatic rings. The third-order valence-corrected chi connectivity index (χ3v) is 2.82. The van der Waals surface area contributed by atoms with Crippen LogP contribution in [0, 0.1) is 15.9 Å². The van der Waals surface area contributed by atoms with Gasteiger partial charge in [0, 0.05) is 36.1 Å². The average molecular weight is 278 g/mol. The number of nitro groups is 1. The molecule has 0 aliphatic carbocycles. The lowest BCUT2D eigenvalue weighted by molar-refractivity contribution is -0.387. The molecule has 1 aromatic carbocycles. The lowest BCUT2D eigenvalue weighted by Crippen LogP contribution is -2.02. The molecule has 0 saturated carbocycles. The maximum Gasteiger partial charge on any atom is 0.306 e. The van der Waals surface area contributed by atoms with Crippen LogP contribution in [0.4, 0.5) is 15.8 Å². The van der Waals surface area contributed by atoms with E-state index in [0.717, 1.165) is 11.6 Å². The Morgan fingerprint density at radius 3 is 2.85 bits per heavy atom. The lowest BCUT2D eigenvalue weighted by atomic mass is 10.2. The van der Waals surface area contributed by atoms with Crippen molar-refractivity contribution in [1.29, 1.82) is 0 Å². The molecular weight excluding hydrogens is 263 g/mol. The molecule has 20 heavy (non-hydrogen) atoms. The summed E-state index contributed by atoms with van der Waals surface area (Å²) in [6.45, 7) is 4.51. The van der Waals surface area contributed by atoms with Crippen molar-refractivity contribution in [1.82, 2.24) is 9.78 Å². The fraction of sp³-hybridized carbons (Fsp3) is 0.308. The second kappa shape index (κ2) is 5.68. The number of rotatable bonds is 5. The molecule has 0 saturated heterocycles. The van der Waals surface area contributed by atoms with Crippen LogP contribution in [0.1, 0.15) is 25.5 Å². The van der Waals surface area contributed by atoms with Gasteiger partial charge in [0.15, 0.2) is 0 Å². The Kier molecular flexibility index (Phi) is 3.97. The molecule has 0 unspecified atom stereocenters. The molecule has 0 bridgehead atoms. The van der Waals surface area contributed by atoms with E-state index in [1.165, 1.54) is 12.1 Å². The minimum Gasteiger partial charge on any atom is -0.381 e. The van der Waals surface area contributed by atoms with E-state index in [1.54, 1.807) is 6.20 Å². The smallest absolute Gasteiger partial charge is 0.306 e. The second-order valence-corrected chi connectivity index (χ2v) is 4.70. The Morgan fingerprint density at radius 1 is 1.50 bits per heavy atom. The maximum absolute atomic E-state index is 13.2. The number of nitro benzene ring substituents is 1. The lowest BCUT2D eigenvalue weighted by Gasteiger charge is -2.05. The summed E-state index contributed by atoms with van der Waals surface area (Å²) >= 11 is 0. The normalized spacial score (nSPS) is 10.8. The number of halogens is 1. The highest BCUT2D eigenvalue weighted by molar-refractivity contribution is 5.51. The fourth-order valence-corrected chi connectivity index (χ4v) is 1.72. The Bertz CT molecular complexity index is 625. The van der Waals surface area contributed by atoms with Crippen LogP contribution in [0.15, 0.2) is 30.6 Å². The topological polar surface area (TPSA) is 73.0 Å². The van der Waals surface area contributed by atoms with Gasteiger partial charge in [-0.25, -0.2) is 0 Å². The Balaban J connectivity index is 2.06. The SMILES string of the molecule is CC(C)n1cc(CNc2ccc(F)c([N+](=O)[O-])c2)cn1. The Hall–Kier alpha value is -2.44. The van der Waals surface area contributed by atoms with E-state index >= 15 is 0 Å². The van der Waals surface area contributed by atoms with Crippen molar-refractivity contribution in [2.24, 2.45) is 0 Å². The molecule has 0 atom stereocenters. The van der Waals surface area contributed by atoms with Gasteiger partial charge in [0.1, 0.15) is 0 Å². The van der Waals surface area contributed by atoms with Crippen LogP contribution >= 0.6 is 0 Å². The van der Waals surface area contributed by atoms with Gasteiger partial charge in [-0.2, -0.15) is 9.49 Å². The molecule has 0 aliphatic rings. The monoisotopic (exact) mass is 278 g/mol. The van der Waals surface area contributed by atoms with Crippen LogP contribution < -0.4 is 5.32 Å². The predicted molar refractivity (Wildman–Crippen MR) is 73.0 cm³/mol. The molecule has 1 heterocycles. The quantitative estimate of drug-likeness (QED) is 0.673. The minimum atomic E-state index is -0.840. The van der Waals surface area contributed by atoms with Crippen molar-refractivity contribution in [3.63, 3.8) is 0 Å². The van der Waals surface area contributed by atoms with Crippen LogP contribution in [0.5, 0.6) is 0 Å². The van der Waals surface area contributed by atoms with Crippen molar-refractivity contribution in [2.75, 3.05) is 5.32 Å². The van der Waals surface area contributed by atoms with E-state index < -0.39 is 16.4 Å². The zero-order valence-corrected chi connectivity index (χ0v) is 11.2. The summed E-state index contributed by atoms with van der Waals surface area (Å²) in [6, 6.07) is 4.01. The molecule has 1 aromatic heterocycles. The molecule has 0 aliphatic heterocycles. The van der Waals surface area contributed by atoms with Gasteiger partial charge < -0.3 is 5.32 Å². The van der Waals surface area contributed by atoms with E-state index in [-0.39, 0.29) is 6.04 Å². The first-order valence-corrected chi connectivity index (χ1v) is 6.18. The first kappa shape index (κ1) is 14.0. The summed E-state index contributed by atoms with van der Waals surface area (Å²) in [6.07, 6.45) is 3.63. The highest BCUT2D eigenvalue weighted by Crippen LogP contribution is 2.22. The van der Waals surface area contributed by atoms with Gasteiger partial charge in [-0.15, -0.1) is 0 Å². The first-order chi connectivity index (χ1) is 9.47. The molecule has 7 heteroatoms. The maximum atomic E-state index is 13.2. The van der Waals surface area contributed by atoms with Crippen LogP contribution in [0.25, 0.3) is 0 Å². The van der Waals surface area contributed by atoms with E-state index in [0.29, 0.717) is 12.2 Å². The molecule has 1 N–H and O–H groups in total. The summed E-state index contributed by atoms with van der Waals surface area (Å²) in [7, 11) is 0. The molecule has 6 nitrogen and oxygen atoms in total. The average Bonchev–Trinajstić information content (AvgIpc) is 2.86. The third kappa shape index (κ3) is 3.11. The first-order valence-electron chi connectivity index (χ1n) is 6.18. The number of hydrogen-bond acceptors (Lipinski definition) is 4. The van der Waals surface area contributed by atoms with Crippen LogP contribution in [0.2, 0.25) is 0 Å². The van der Waals surface area contributed by atoms with E-state index in [2.05, 4.69) is 10.4 Å². The van der Waals surface area contributed by atoms with Crippen LogP contribution in [-0.4, -0.2) is 14.7 Å². The predicted octanol–water partition coefficient (Wildman–Crippen LogP) is 3.12. The van der Waals surface area contributed by atoms with Gasteiger partial charge in [-0.3, -0.25) is 14.8 Å². The summed E-state index contributed by atoms with van der Waals surface area (Å²) in [5.41, 5.74) is 0.911. The molecule has 106 valence electrons. The highest BCUT2D eigenvalue weighted by atomic mass is 19.1. The van der Waals surface area contributed by atoms with Gasteiger partial charge in [-0.1, -0.05) is 0 Å². The highest BCUT2D eigenvalue weighted by Gasteiger charge is 2.14. The number of anilines is 1. The number of aromatic nitrogens is 2. The molecule has 0 radical (unpaired) electrons. The zero-order valence-electron chi connectivity index (χ0n) is 11.2. The van der Waals surface area contributed by atoms with Crippen molar-refractivity contribution in [2.45, 2.75) is 26.4 Å². The Morgan fingerprint density at radius 2 is 2.25 bits per heavy atom. The summed E-state index contributed by atoms with van der Waals surface area (Å²) in [4.78, 5) is 9.91. The van der Waals surface area contributed by atoms with Crippen molar-refractivity contribution in [3.8, 4) is 0 Å². The zero-order chi connectivity index (χ0) is 14.7. The second-order valence-electron chi connectivity index (χ2n) is 4.70. The Labute approximate surface area is 115 Å². The van der Waals surface area contributed by atoms with Gasteiger partial charge in [0.25, 0.3) is 0 Å². The van der Waals surface area contributed by atoms with E-state index in [4.69, 9.17) is 0 Å². The summed E-state index contributed by atoms with van der Waals surface area (Å²) in [5.74, 6) is -0.840. The number of hydrogen-bond donors (Lipinski definition) is 1. The standard InChI is InChI=1S/C13H15FN4O2/c1-9(2)17-8-10(7-16-17)6-15-11-3-4-12(14)13(5-11)18(19)20/h3-5,7-9,15H,6H2,1-2H3. The number of benzene rings is 1. The van der Waals surface area contributed by atoms with Crippen LogP contribution in [0.3, 0.4) is 0 Å². The van der Waals surface area contributed by atoms with Crippen LogP contribution in [-0.2, 0) is 6.54 Å². The van der Waals surface area contributed by atoms with Gasteiger partial charge in [0.2, 0.25) is 5.82 Å². The molecule has 0 fully saturated rings. The van der Waals surface area contributed by atoms with E-state index in [9.17, 15) is 14.5 Å². The summed E-state index contributed by atoms with van der Waals surface area (Å²) < 4.78 is 15.0. The third-order valence-electron chi connectivity index (χ3n) is 2.82. The molecule has 0 spiro atoms. The summed E-state index contributed by atoms with van der Waals surface area (Å²) in [5, 5.41) is 17.9. The van der Waals surface area contributed by atoms with E-state index in [1.807, 2.05) is 24.7 Å². The minimum absolute atomic E-state index is 0.274. The largest absolute Gasteiger partial charge is 0.381 e. The van der Waals surface area contributed by atoms with Crippen molar-refractivity contribution >= 4 is 11.4 Å². The fourth-order valence-electron chi connectivity index (χ4n) is 1.72. The molecule has 0 amide bonds. The van der Waals surface area contributed by atoms with Crippen molar-refractivity contribution < 1.29 is 9.31 Å². The number of nitrogens with zero attached hydrogens (tertiary/aromatic N) is 3. The van der Waals surface area contributed by atoms with Gasteiger partial charge in [-0.05, 0) is 26.0 Å². The van der Waals surface area contributed by atoms with Gasteiger partial charge >= 0.3 is 5.69 Å². The number of nitrogens with one attached hydrogen (secondary N) is 1.